The Kier molecular flexibility index (Phi) is 4.92. The number of aryl methyl sites for hydroxylation is 1. The second kappa shape index (κ2) is 7.52. The molecule has 11 heteroatoms. The van der Waals surface area contributed by atoms with Gasteiger partial charge >= 0.3 is 0 Å². The van der Waals surface area contributed by atoms with Gasteiger partial charge in [0, 0.05) is 29.9 Å². The normalized spacial score (nSPS) is 15.8. The maximum Gasteiger partial charge on any atom is 0.293 e. The highest BCUT2D eigenvalue weighted by atomic mass is 32.2. The minimum Gasteiger partial charge on any atom is -0.347 e. The standard InChI is InChI=1S/C17H14N6O3S2/c1-10-4-5-19-16-20-13(21-23(10)16)14(24)18-6-7-22-15(25)12(28-17(22)26)9-11-3-2-8-27-11/h2-5,8-9H,6-7H2,1H3,(H,18,24). The zero-order valence-electron chi connectivity index (χ0n) is 14.7. The first-order valence-corrected chi connectivity index (χ1v) is 9.98. The number of carbonyl (C=O) groups excluding carboxylic acids is 3. The van der Waals surface area contributed by atoms with E-state index in [0.29, 0.717) is 10.7 Å². The molecular weight excluding hydrogens is 400 g/mol. The maximum atomic E-state index is 12.4. The number of hydrogen-bond acceptors (Lipinski definition) is 8. The number of aromatic nitrogens is 4. The van der Waals surface area contributed by atoms with E-state index in [4.69, 9.17) is 0 Å². The fourth-order valence-electron chi connectivity index (χ4n) is 2.56. The summed E-state index contributed by atoms with van der Waals surface area (Å²) in [5.41, 5.74) is 0.798. The summed E-state index contributed by atoms with van der Waals surface area (Å²) in [6, 6.07) is 5.50. The minimum absolute atomic E-state index is 0.0199. The summed E-state index contributed by atoms with van der Waals surface area (Å²) in [6.07, 6.45) is 3.29. The van der Waals surface area contributed by atoms with E-state index in [0.717, 1.165) is 27.2 Å². The molecule has 3 amide bonds. The molecule has 0 aromatic carbocycles. The first-order chi connectivity index (χ1) is 13.5. The molecule has 1 N–H and O–H groups in total. The molecular formula is C17H14N6O3S2. The van der Waals surface area contributed by atoms with Gasteiger partial charge in [0.1, 0.15) is 0 Å². The SMILES string of the molecule is Cc1ccnc2nc(C(=O)NCCN3C(=O)SC(=Cc4cccs4)C3=O)nn12. The zero-order valence-corrected chi connectivity index (χ0v) is 16.3. The predicted octanol–water partition coefficient (Wildman–Crippen LogP) is 1.96. The van der Waals surface area contributed by atoms with Gasteiger partial charge in [-0.1, -0.05) is 6.07 Å². The van der Waals surface area contributed by atoms with Crippen LogP contribution in [-0.2, 0) is 4.79 Å². The molecule has 1 saturated heterocycles. The number of imide groups is 1. The molecule has 0 unspecified atom stereocenters. The topological polar surface area (TPSA) is 110 Å². The second-order valence-electron chi connectivity index (χ2n) is 5.84. The highest BCUT2D eigenvalue weighted by Gasteiger charge is 2.34. The van der Waals surface area contributed by atoms with Gasteiger partial charge < -0.3 is 5.32 Å². The quantitative estimate of drug-likeness (QED) is 0.636. The fraction of sp³-hybridized carbons (Fsp3) is 0.176. The predicted molar refractivity (Wildman–Crippen MR) is 105 cm³/mol. The average molecular weight is 414 g/mol. The average Bonchev–Trinajstić information content (AvgIpc) is 3.38. The Morgan fingerprint density at radius 1 is 1.32 bits per heavy atom. The molecule has 142 valence electrons. The monoisotopic (exact) mass is 414 g/mol. The van der Waals surface area contributed by atoms with Gasteiger partial charge in [-0.25, -0.2) is 9.50 Å². The van der Waals surface area contributed by atoms with E-state index in [1.54, 1.807) is 18.3 Å². The molecule has 1 fully saturated rings. The summed E-state index contributed by atoms with van der Waals surface area (Å²) in [5, 5.41) is 8.29. The number of rotatable bonds is 5. The number of thiophene rings is 1. The molecule has 1 aliphatic heterocycles. The molecule has 9 nitrogen and oxygen atoms in total. The van der Waals surface area contributed by atoms with Crippen molar-refractivity contribution in [1.82, 2.24) is 29.8 Å². The van der Waals surface area contributed by atoms with Crippen molar-refractivity contribution in [3.05, 3.63) is 51.1 Å². The van der Waals surface area contributed by atoms with Gasteiger partial charge in [-0.15, -0.1) is 16.4 Å². The Morgan fingerprint density at radius 3 is 2.93 bits per heavy atom. The van der Waals surface area contributed by atoms with Gasteiger partial charge in [0.15, 0.2) is 0 Å². The molecule has 3 aromatic rings. The van der Waals surface area contributed by atoms with Crippen LogP contribution >= 0.6 is 23.1 Å². The van der Waals surface area contributed by atoms with Gasteiger partial charge in [-0.05, 0) is 42.3 Å². The van der Waals surface area contributed by atoms with Crippen LogP contribution in [-0.4, -0.2) is 54.6 Å². The highest BCUT2D eigenvalue weighted by molar-refractivity contribution is 8.18. The van der Waals surface area contributed by atoms with Gasteiger partial charge in [-0.3, -0.25) is 19.3 Å². The number of amides is 3. The van der Waals surface area contributed by atoms with Gasteiger partial charge in [0.25, 0.3) is 22.8 Å². The van der Waals surface area contributed by atoms with Crippen LogP contribution in [0.1, 0.15) is 21.2 Å². The zero-order chi connectivity index (χ0) is 19.7. The molecule has 0 radical (unpaired) electrons. The van der Waals surface area contributed by atoms with Crippen LogP contribution in [0.5, 0.6) is 0 Å². The number of fused-ring (bicyclic) bond motifs is 1. The summed E-state index contributed by atoms with van der Waals surface area (Å²) in [7, 11) is 0. The third kappa shape index (κ3) is 3.53. The number of nitrogens with one attached hydrogen (secondary N) is 1. The molecule has 1 aliphatic rings. The van der Waals surface area contributed by atoms with Gasteiger partial charge in [0.2, 0.25) is 5.82 Å². The van der Waals surface area contributed by atoms with E-state index in [2.05, 4.69) is 20.4 Å². The Morgan fingerprint density at radius 2 is 2.18 bits per heavy atom. The number of hydrogen-bond donors (Lipinski definition) is 1. The number of thioether (sulfide) groups is 1. The Bertz CT molecular complexity index is 1110. The molecule has 0 spiro atoms. The van der Waals surface area contributed by atoms with Crippen molar-refractivity contribution in [2.45, 2.75) is 6.92 Å². The Labute approximate surface area is 167 Å². The lowest BCUT2D eigenvalue weighted by atomic mass is 10.3. The van der Waals surface area contributed by atoms with Crippen molar-refractivity contribution in [3.8, 4) is 0 Å². The molecule has 0 bridgehead atoms. The van der Waals surface area contributed by atoms with E-state index in [1.807, 2.05) is 24.4 Å². The first kappa shape index (κ1) is 18.3. The minimum atomic E-state index is -0.494. The van der Waals surface area contributed by atoms with Crippen molar-refractivity contribution >= 4 is 52.0 Å². The van der Waals surface area contributed by atoms with Gasteiger partial charge in [-0.2, -0.15) is 4.98 Å². The summed E-state index contributed by atoms with van der Waals surface area (Å²) < 4.78 is 1.47. The van der Waals surface area contributed by atoms with Crippen LogP contribution in [0.2, 0.25) is 0 Å². The van der Waals surface area contributed by atoms with E-state index >= 15 is 0 Å². The van der Waals surface area contributed by atoms with Crippen molar-refractivity contribution in [2.24, 2.45) is 0 Å². The Hall–Kier alpha value is -3.05. The van der Waals surface area contributed by atoms with Crippen molar-refractivity contribution in [2.75, 3.05) is 13.1 Å². The molecule has 4 heterocycles. The molecule has 4 rings (SSSR count). The van der Waals surface area contributed by atoms with E-state index < -0.39 is 5.91 Å². The van der Waals surface area contributed by atoms with Gasteiger partial charge in [0.05, 0.1) is 4.91 Å². The van der Waals surface area contributed by atoms with Crippen molar-refractivity contribution in [3.63, 3.8) is 0 Å². The summed E-state index contributed by atoms with van der Waals surface area (Å²) >= 11 is 2.38. The lowest BCUT2D eigenvalue weighted by molar-refractivity contribution is -0.122. The van der Waals surface area contributed by atoms with Crippen molar-refractivity contribution in [1.29, 1.82) is 0 Å². The van der Waals surface area contributed by atoms with E-state index in [-0.39, 0.29) is 30.1 Å². The Balaban J connectivity index is 1.37. The maximum absolute atomic E-state index is 12.4. The molecule has 3 aromatic heterocycles. The number of nitrogens with zero attached hydrogens (tertiary/aromatic N) is 5. The van der Waals surface area contributed by atoms with E-state index in [9.17, 15) is 14.4 Å². The largest absolute Gasteiger partial charge is 0.347 e. The smallest absolute Gasteiger partial charge is 0.293 e. The lowest BCUT2D eigenvalue weighted by Crippen LogP contribution is -2.37. The molecule has 0 atom stereocenters. The van der Waals surface area contributed by atoms with Crippen LogP contribution in [0, 0.1) is 6.92 Å². The van der Waals surface area contributed by atoms with Crippen LogP contribution in [0.25, 0.3) is 11.9 Å². The molecule has 28 heavy (non-hydrogen) atoms. The van der Waals surface area contributed by atoms with Crippen molar-refractivity contribution < 1.29 is 14.4 Å². The first-order valence-electron chi connectivity index (χ1n) is 8.28. The van der Waals surface area contributed by atoms with Crippen LogP contribution in [0.3, 0.4) is 0 Å². The van der Waals surface area contributed by atoms with E-state index in [1.165, 1.54) is 15.9 Å². The lowest BCUT2D eigenvalue weighted by Gasteiger charge is -2.12. The van der Waals surface area contributed by atoms with Crippen LogP contribution < -0.4 is 5.32 Å². The second-order valence-corrected chi connectivity index (χ2v) is 7.81. The number of carbonyl (C=O) groups is 3. The van der Waals surface area contributed by atoms with Crippen LogP contribution in [0.4, 0.5) is 4.79 Å². The fourth-order valence-corrected chi connectivity index (χ4v) is 4.15. The summed E-state index contributed by atoms with van der Waals surface area (Å²) in [4.78, 5) is 47.3. The summed E-state index contributed by atoms with van der Waals surface area (Å²) in [6.45, 7) is 2.00. The highest BCUT2D eigenvalue weighted by Crippen LogP contribution is 2.32. The molecule has 0 saturated carbocycles. The molecule has 0 aliphatic carbocycles. The van der Waals surface area contributed by atoms with Crippen LogP contribution in [0.15, 0.2) is 34.7 Å². The third-order valence-electron chi connectivity index (χ3n) is 3.94. The third-order valence-corrected chi connectivity index (χ3v) is 5.67. The summed E-state index contributed by atoms with van der Waals surface area (Å²) in [5.74, 6) is -0.544.